The van der Waals surface area contributed by atoms with Gasteiger partial charge in [-0.2, -0.15) is 5.10 Å². The molecule has 5 heteroatoms. The van der Waals surface area contributed by atoms with Gasteiger partial charge in [0.25, 0.3) is 0 Å². The fourth-order valence-corrected chi connectivity index (χ4v) is 1.57. The minimum Gasteiger partial charge on any atom is -0.497 e. The summed E-state index contributed by atoms with van der Waals surface area (Å²) >= 11 is 0. The molecule has 0 aliphatic carbocycles. The maximum absolute atomic E-state index is 11.7. The molecular weight excluding hydrogens is 230 g/mol. The second-order valence-electron chi connectivity index (χ2n) is 3.91. The molecule has 0 saturated carbocycles. The molecule has 0 aliphatic heterocycles. The van der Waals surface area contributed by atoms with Gasteiger partial charge >= 0.3 is 0 Å². The van der Waals surface area contributed by atoms with Crippen LogP contribution in [0.3, 0.4) is 0 Å². The second-order valence-corrected chi connectivity index (χ2v) is 3.91. The molecule has 2 aromatic rings. The van der Waals surface area contributed by atoms with Crippen molar-refractivity contribution < 1.29 is 9.53 Å². The van der Waals surface area contributed by atoms with Crippen LogP contribution in [0.1, 0.15) is 11.1 Å². The van der Waals surface area contributed by atoms with E-state index in [0.717, 1.165) is 16.9 Å². The van der Waals surface area contributed by atoms with E-state index in [9.17, 15) is 4.79 Å². The summed E-state index contributed by atoms with van der Waals surface area (Å²) in [4.78, 5) is 11.7. The van der Waals surface area contributed by atoms with E-state index in [1.807, 2.05) is 24.3 Å². The Kier molecular flexibility index (Phi) is 3.96. The summed E-state index contributed by atoms with van der Waals surface area (Å²) < 4.78 is 5.06. The molecule has 0 atom stereocenters. The van der Waals surface area contributed by atoms with Crippen molar-refractivity contribution in [3.8, 4) is 5.75 Å². The second kappa shape index (κ2) is 5.86. The van der Waals surface area contributed by atoms with Crippen LogP contribution >= 0.6 is 0 Å². The topological polar surface area (TPSA) is 67.0 Å². The Morgan fingerprint density at radius 1 is 1.33 bits per heavy atom. The first-order valence-electron chi connectivity index (χ1n) is 5.65. The Hall–Kier alpha value is -2.30. The molecule has 0 fully saturated rings. The molecule has 18 heavy (non-hydrogen) atoms. The molecule has 1 aromatic heterocycles. The third kappa shape index (κ3) is 3.35. The van der Waals surface area contributed by atoms with Gasteiger partial charge in [-0.3, -0.25) is 9.89 Å². The molecule has 1 aromatic carbocycles. The molecule has 2 N–H and O–H groups in total. The number of aromatic nitrogens is 2. The average Bonchev–Trinajstić information content (AvgIpc) is 2.90. The van der Waals surface area contributed by atoms with Gasteiger partial charge in [0.05, 0.1) is 19.7 Å². The number of benzene rings is 1. The number of aromatic amines is 1. The summed E-state index contributed by atoms with van der Waals surface area (Å²) in [7, 11) is 1.62. The fraction of sp³-hybridized carbons (Fsp3) is 0.231. The maximum Gasteiger partial charge on any atom is 0.224 e. The van der Waals surface area contributed by atoms with Gasteiger partial charge in [0, 0.05) is 18.3 Å². The first kappa shape index (κ1) is 12.2. The summed E-state index contributed by atoms with van der Waals surface area (Å²) in [5.41, 5.74) is 1.92. The first-order valence-corrected chi connectivity index (χ1v) is 5.65. The highest BCUT2D eigenvalue weighted by molar-refractivity contribution is 5.78. The summed E-state index contributed by atoms with van der Waals surface area (Å²) in [5.74, 6) is 0.777. The number of carbonyl (C=O) groups is 1. The van der Waals surface area contributed by atoms with Gasteiger partial charge < -0.3 is 10.1 Å². The van der Waals surface area contributed by atoms with Crippen molar-refractivity contribution in [1.29, 1.82) is 0 Å². The number of nitrogens with zero attached hydrogens (tertiary/aromatic N) is 1. The molecule has 0 saturated heterocycles. The number of carbonyl (C=O) groups excluding carboxylic acids is 1. The largest absolute Gasteiger partial charge is 0.497 e. The van der Waals surface area contributed by atoms with Crippen molar-refractivity contribution in [2.75, 3.05) is 7.11 Å². The van der Waals surface area contributed by atoms with Crippen molar-refractivity contribution >= 4 is 5.91 Å². The van der Waals surface area contributed by atoms with Gasteiger partial charge in [0.2, 0.25) is 5.91 Å². The number of methoxy groups -OCH3 is 1. The molecular formula is C13H15N3O2. The normalized spacial score (nSPS) is 10.1. The van der Waals surface area contributed by atoms with E-state index in [4.69, 9.17) is 4.74 Å². The van der Waals surface area contributed by atoms with E-state index in [1.165, 1.54) is 0 Å². The highest BCUT2D eigenvalue weighted by Gasteiger charge is 2.03. The number of hydrogen-bond donors (Lipinski definition) is 2. The van der Waals surface area contributed by atoms with Gasteiger partial charge in [-0.05, 0) is 17.7 Å². The minimum atomic E-state index is -0.0126. The number of hydrogen-bond acceptors (Lipinski definition) is 3. The van der Waals surface area contributed by atoms with Gasteiger partial charge in [0.15, 0.2) is 0 Å². The number of rotatable bonds is 5. The lowest BCUT2D eigenvalue weighted by Gasteiger charge is -2.05. The van der Waals surface area contributed by atoms with E-state index in [0.29, 0.717) is 13.0 Å². The summed E-state index contributed by atoms with van der Waals surface area (Å²) in [6.45, 7) is 0.492. The Labute approximate surface area is 105 Å². The predicted molar refractivity (Wildman–Crippen MR) is 67.1 cm³/mol. The molecule has 0 bridgehead atoms. The molecule has 5 nitrogen and oxygen atoms in total. The zero-order valence-corrected chi connectivity index (χ0v) is 10.1. The first-order chi connectivity index (χ1) is 8.78. The molecule has 0 radical (unpaired) electrons. The highest BCUT2D eigenvalue weighted by Crippen LogP contribution is 2.11. The monoisotopic (exact) mass is 245 g/mol. The lowest BCUT2D eigenvalue weighted by molar-refractivity contribution is -0.120. The standard InChI is InChI=1S/C13H15N3O2/c1-18-12-4-2-10(3-5-12)6-13(17)14-7-11-8-15-16-9-11/h2-5,8-9H,6-7H2,1H3,(H,14,17)(H,15,16). The van der Waals surface area contributed by atoms with Crippen LogP contribution < -0.4 is 10.1 Å². The number of H-pyrrole nitrogens is 1. The average molecular weight is 245 g/mol. The zero-order chi connectivity index (χ0) is 12.8. The molecule has 1 amide bonds. The van der Waals surface area contributed by atoms with Crippen molar-refractivity contribution in [1.82, 2.24) is 15.5 Å². The quantitative estimate of drug-likeness (QED) is 0.833. The van der Waals surface area contributed by atoms with Crippen LogP contribution in [0.25, 0.3) is 0 Å². The zero-order valence-electron chi connectivity index (χ0n) is 10.1. The third-order valence-electron chi connectivity index (χ3n) is 2.57. The highest BCUT2D eigenvalue weighted by atomic mass is 16.5. The van der Waals surface area contributed by atoms with Gasteiger partial charge in [-0.25, -0.2) is 0 Å². The number of ether oxygens (including phenoxy) is 1. The van der Waals surface area contributed by atoms with Crippen LogP contribution in [-0.2, 0) is 17.8 Å². The Bertz CT molecular complexity index is 491. The maximum atomic E-state index is 11.7. The van der Waals surface area contributed by atoms with E-state index in [-0.39, 0.29) is 5.91 Å². The molecule has 0 unspecified atom stereocenters. The lowest BCUT2D eigenvalue weighted by atomic mass is 10.1. The van der Waals surface area contributed by atoms with Crippen LogP contribution in [0, 0.1) is 0 Å². The SMILES string of the molecule is COc1ccc(CC(=O)NCc2cn[nH]c2)cc1. The van der Waals surface area contributed by atoms with E-state index in [2.05, 4.69) is 15.5 Å². The van der Waals surface area contributed by atoms with Crippen LogP contribution in [0.15, 0.2) is 36.7 Å². The summed E-state index contributed by atoms with van der Waals surface area (Å²) in [6, 6.07) is 7.46. The molecule has 2 rings (SSSR count). The Morgan fingerprint density at radius 3 is 2.72 bits per heavy atom. The van der Waals surface area contributed by atoms with Crippen LogP contribution in [-0.4, -0.2) is 23.2 Å². The molecule has 94 valence electrons. The van der Waals surface area contributed by atoms with Gasteiger partial charge in [-0.15, -0.1) is 0 Å². The van der Waals surface area contributed by atoms with Crippen molar-refractivity contribution in [2.24, 2.45) is 0 Å². The predicted octanol–water partition coefficient (Wildman–Crippen LogP) is 1.28. The third-order valence-corrected chi connectivity index (χ3v) is 2.57. The van der Waals surface area contributed by atoms with Crippen molar-refractivity contribution in [2.45, 2.75) is 13.0 Å². The lowest BCUT2D eigenvalue weighted by Crippen LogP contribution is -2.24. The van der Waals surface area contributed by atoms with Crippen LogP contribution in [0.5, 0.6) is 5.75 Å². The summed E-state index contributed by atoms with van der Waals surface area (Å²) in [5, 5.41) is 9.35. The molecule has 0 aliphatic rings. The van der Waals surface area contributed by atoms with Gasteiger partial charge in [-0.1, -0.05) is 12.1 Å². The summed E-state index contributed by atoms with van der Waals surface area (Å²) in [6.07, 6.45) is 3.81. The molecule has 1 heterocycles. The smallest absolute Gasteiger partial charge is 0.224 e. The van der Waals surface area contributed by atoms with Gasteiger partial charge in [0.1, 0.15) is 5.75 Å². The number of amides is 1. The minimum absolute atomic E-state index is 0.0126. The Morgan fingerprint density at radius 2 is 2.11 bits per heavy atom. The Balaban J connectivity index is 1.83. The van der Waals surface area contributed by atoms with E-state index in [1.54, 1.807) is 19.5 Å². The number of nitrogens with one attached hydrogen (secondary N) is 2. The fourth-order valence-electron chi connectivity index (χ4n) is 1.57. The van der Waals surface area contributed by atoms with Crippen molar-refractivity contribution in [3.05, 3.63) is 47.8 Å². The molecule has 0 spiro atoms. The van der Waals surface area contributed by atoms with Crippen LogP contribution in [0.4, 0.5) is 0 Å². The van der Waals surface area contributed by atoms with E-state index >= 15 is 0 Å². The van der Waals surface area contributed by atoms with E-state index < -0.39 is 0 Å². The van der Waals surface area contributed by atoms with Crippen molar-refractivity contribution in [3.63, 3.8) is 0 Å². The van der Waals surface area contributed by atoms with Crippen LogP contribution in [0.2, 0.25) is 0 Å².